The van der Waals surface area contributed by atoms with E-state index >= 15 is 0 Å². The molecule has 0 N–H and O–H groups in total. The quantitative estimate of drug-likeness (QED) is 0.482. The summed E-state index contributed by atoms with van der Waals surface area (Å²) in [5, 5.41) is 11.3. The van der Waals surface area contributed by atoms with Gasteiger partial charge in [-0.3, -0.25) is 14.9 Å². The van der Waals surface area contributed by atoms with Gasteiger partial charge in [0.25, 0.3) is 11.6 Å². The summed E-state index contributed by atoms with van der Waals surface area (Å²) in [4.78, 5) is 25.1. The SMILES string of the molecule is CC(C)c1ccc(/C=C2/C(=O)N(C)c3ccccc32)cc1[N+](=O)[O-]. The molecule has 122 valence electrons. The molecule has 5 nitrogen and oxygen atoms in total. The Hall–Kier alpha value is -2.95. The second-order valence-electron chi connectivity index (χ2n) is 6.17. The number of hydrogen-bond acceptors (Lipinski definition) is 3. The Balaban J connectivity index is 2.11. The second-order valence-corrected chi connectivity index (χ2v) is 6.17. The van der Waals surface area contributed by atoms with Crippen molar-refractivity contribution in [1.82, 2.24) is 0 Å². The van der Waals surface area contributed by atoms with Crippen LogP contribution in [0.3, 0.4) is 0 Å². The number of benzene rings is 2. The number of likely N-dealkylation sites (N-methyl/N-ethyl adjacent to an activating group) is 1. The smallest absolute Gasteiger partial charge is 0.273 e. The highest BCUT2D eigenvalue weighted by Crippen LogP contribution is 2.37. The number of carbonyl (C=O) groups excluding carboxylic acids is 1. The van der Waals surface area contributed by atoms with Gasteiger partial charge >= 0.3 is 0 Å². The number of fused-ring (bicyclic) bond motifs is 1. The lowest BCUT2D eigenvalue weighted by Gasteiger charge is -2.08. The van der Waals surface area contributed by atoms with Crippen LogP contribution in [0, 0.1) is 10.1 Å². The van der Waals surface area contributed by atoms with Crippen molar-refractivity contribution in [2.45, 2.75) is 19.8 Å². The largest absolute Gasteiger partial charge is 0.311 e. The molecule has 3 rings (SSSR count). The molecule has 0 bridgehead atoms. The van der Waals surface area contributed by atoms with Crippen molar-refractivity contribution in [2.24, 2.45) is 0 Å². The lowest BCUT2D eigenvalue weighted by atomic mass is 9.97. The molecule has 0 saturated carbocycles. The lowest BCUT2D eigenvalue weighted by Crippen LogP contribution is -2.20. The van der Waals surface area contributed by atoms with Crippen LogP contribution in [0.2, 0.25) is 0 Å². The summed E-state index contributed by atoms with van der Waals surface area (Å²) in [5.41, 5.74) is 3.69. The number of para-hydroxylation sites is 1. The molecular formula is C19H18N2O3. The predicted molar refractivity (Wildman–Crippen MR) is 94.9 cm³/mol. The Bertz CT molecular complexity index is 869. The van der Waals surface area contributed by atoms with E-state index < -0.39 is 0 Å². The van der Waals surface area contributed by atoms with E-state index in [0.29, 0.717) is 16.7 Å². The third kappa shape index (κ3) is 2.58. The summed E-state index contributed by atoms with van der Waals surface area (Å²) >= 11 is 0. The topological polar surface area (TPSA) is 63.5 Å². The molecule has 1 heterocycles. The number of amides is 1. The first-order chi connectivity index (χ1) is 11.4. The zero-order valence-corrected chi connectivity index (χ0v) is 13.8. The Kier molecular flexibility index (Phi) is 3.93. The van der Waals surface area contributed by atoms with Crippen molar-refractivity contribution >= 4 is 28.9 Å². The van der Waals surface area contributed by atoms with E-state index in [1.807, 2.05) is 44.2 Å². The minimum absolute atomic E-state index is 0.0621. The average Bonchev–Trinajstić information content (AvgIpc) is 2.80. The highest BCUT2D eigenvalue weighted by atomic mass is 16.6. The summed E-state index contributed by atoms with van der Waals surface area (Å²) in [5.74, 6) is -0.0427. The van der Waals surface area contributed by atoms with E-state index in [0.717, 1.165) is 11.3 Å². The summed E-state index contributed by atoms with van der Waals surface area (Å²) in [6.07, 6.45) is 1.72. The molecule has 1 amide bonds. The molecule has 0 aliphatic carbocycles. The van der Waals surface area contributed by atoms with Crippen molar-refractivity contribution < 1.29 is 9.72 Å². The highest BCUT2D eigenvalue weighted by molar-refractivity contribution is 6.35. The Morgan fingerprint density at radius 2 is 1.88 bits per heavy atom. The van der Waals surface area contributed by atoms with Gasteiger partial charge in [0.1, 0.15) is 0 Å². The highest BCUT2D eigenvalue weighted by Gasteiger charge is 2.29. The van der Waals surface area contributed by atoms with Gasteiger partial charge in [-0.05, 0) is 23.6 Å². The summed E-state index contributed by atoms with van der Waals surface area (Å²) in [7, 11) is 1.73. The van der Waals surface area contributed by atoms with Crippen LogP contribution < -0.4 is 4.90 Å². The van der Waals surface area contributed by atoms with Gasteiger partial charge in [0.2, 0.25) is 0 Å². The van der Waals surface area contributed by atoms with Crippen molar-refractivity contribution in [3.05, 3.63) is 69.3 Å². The van der Waals surface area contributed by atoms with Crippen LogP contribution in [0.1, 0.15) is 36.5 Å². The van der Waals surface area contributed by atoms with Gasteiger partial charge in [-0.2, -0.15) is 0 Å². The van der Waals surface area contributed by atoms with Crippen LogP contribution in [0.5, 0.6) is 0 Å². The Labute approximate surface area is 140 Å². The van der Waals surface area contributed by atoms with E-state index in [1.54, 1.807) is 24.1 Å². The molecule has 1 aliphatic rings. The maximum atomic E-state index is 12.5. The maximum absolute atomic E-state index is 12.5. The van der Waals surface area contributed by atoms with Crippen LogP contribution in [0.25, 0.3) is 11.6 Å². The molecule has 5 heteroatoms. The Morgan fingerprint density at radius 3 is 2.54 bits per heavy atom. The number of nitro groups is 1. The number of nitrogens with zero attached hydrogens (tertiary/aromatic N) is 2. The molecule has 0 fully saturated rings. The predicted octanol–water partition coefficient (Wildman–Crippen LogP) is 4.24. The van der Waals surface area contributed by atoms with E-state index in [1.165, 1.54) is 6.07 Å². The lowest BCUT2D eigenvalue weighted by molar-refractivity contribution is -0.385. The molecule has 2 aromatic carbocycles. The van der Waals surface area contributed by atoms with Crippen molar-refractivity contribution in [3.8, 4) is 0 Å². The third-order valence-corrected chi connectivity index (χ3v) is 4.27. The third-order valence-electron chi connectivity index (χ3n) is 4.27. The second kappa shape index (κ2) is 5.92. The molecule has 0 unspecified atom stereocenters. The van der Waals surface area contributed by atoms with Gasteiger partial charge in [-0.15, -0.1) is 0 Å². The molecule has 0 atom stereocenters. The zero-order chi connectivity index (χ0) is 17.4. The molecule has 0 spiro atoms. The van der Waals surface area contributed by atoms with E-state index in [2.05, 4.69) is 0 Å². The van der Waals surface area contributed by atoms with Crippen LogP contribution in [-0.2, 0) is 4.79 Å². The molecule has 0 radical (unpaired) electrons. The fraction of sp³-hybridized carbons (Fsp3) is 0.211. The number of hydrogen-bond donors (Lipinski definition) is 0. The summed E-state index contributed by atoms with van der Waals surface area (Å²) in [6.45, 7) is 3.85. The zero-order valence-electron chi connectivity index (χ0n) is 13.8. The molecule has 0 aromatic heterocycles. The monoisotopic (exact) mass is 322 g/mol. The molecular weight excluding hydrogens is 304 g/mol. The summed E-state index contributed by atoms with van der Waals surface area (Å²) < 4.78 is 0. The molecule has 0 saturated heterocycles. The number of anilines is 1. The van der Waals surface area contributed by atoms with Crippen LogP contribution in [-0.4, -0.2) is 17.9 Å². The van der Waals surface area contributed by atoms with Crippen LogP contribution in [0.4, 0.5) is 11.4 Å². The van der Waals surface area contributed by atoms with Crippen molar-refractivity contribution in [3.63, 3.8) is 0 Å². The van der Waals surface area contributed by atoms with Gasteiger partial charge in [0.05, 0.1) is 10.6 Å². The minimum atomic E-state index is -0.367. The fourth-order valence-electron chi connectivity index (χ4n) is 3.00. The van der Waals surface area contributed by atoms with Gasteiger partial charge in [0.15, 0.2) is 0 Å². The van der Waals surface area contributed by atoms with Crippen molar-refractivity contribution in [1.29, 1.82) is 0 Å². The Morgan fingerprint density at radius 1 is 1.17 bits per heavy atom. The van der Waals surface area contributed by atoms with E-state index in [9.17, 15) is 14.9 Å². The average molecular weight is 322 g/mol. The first-order valence-electron chi connectivity index (χ1n) is 7.77. The van der Waals surface area contributed by atoms with Crippen LogP contribution >= 0.6 is 0 Å². The standard InChI is InChI=1S/C19H18N2O3/c1-12(2)14-9-8-13(11-18(14)21(23)24)10-16-15-6-4-5-7-17(15)20(3)19(16)22/h4-12H,1-3H3/b16-10+. The van der Waals surface area contributed by atoms with E-state index in [4.69, 9.17) is 0 Å². The van der Waals surface area contributed by atoms with Gasteiger partial charge in [-0.1, -0.05) is 44.2 Å². The number of rotatable bonds is 3. The minimum Gasteiger partial charge on any atom is -0.311 e. The number of carbonyl (C=O) groups is 1. The molecule has 2 aromatic rings. The van der Waals surface area contributed by atoms with Gasteiger partial charge in [0, 0.05) is 29.8 Å². The van der Waals surface area contributed by atoms with Gasteiger partial charge < -0.3 is 4.90 Å². The molecule has 24 heavy (non-hydrogen) atoms. The van der Waals surface area contributed by atoms with Crippen molar-refractivity contribution in [2.75, 3.05) is 11.9 Å². The normalized spacial score (nSPS) is 15.2. The van der Waals surface area contributed by atoms with Gasteiger partial charge in [-0.25, -0.2) is 0 Å². The first kappa shape index (κ1) is 15.9. The fourth-order valence-corrected chi connectivity index (χ4v) is 3.00. The molecule has 1 aliphatic heterocycles. The maximum Gasteiger partial charge on any atom is 0.273 e. The van der Waals surface area contributed by atoms with E-state index in [-0.39, 0.29) is 22.4 Å². The number of nitro benzene ring substituents is 1. The first-order valence-corrected chi connectivity index (χ1v) is 7.77. The summed E-state index contributed by atoms with van der Waals surface area (Å²) in [6, 6.07) is 12.7. The van der Waals surface area contributed by atoms with Crippen LogP contribution in [0.15, 0.2) is 42.5 Å².